The zero-order chi connectivity index (χ0) is 20.1. The number of ether oxygens (including phenoxy) is 2. The number of anilines is 2. The number of nitro groups is 1. The minimum atomic E-state index is -1.19. The number of H-pyrrole nitrogens is 2. The summed E-state index contributed by atoms with van der Waals surface area (Å²) in [5.41, 5.74) is 2.11. The normalized spacial score (nSPS) is 10.1. The van der Waals surface area contributed by atoms with Gasteiger partial charge in [-0.2, -0.15) is 0 Å². The summed E-state index contributed by atoms with van der Waals surface area (Å²) in [4.78, 5) is 60.2. The fourth-order valence-electron chi connectivity index (χ4n) is 1.94. The van der Waals surface area contributed by atoms with Gasteiger partial charge < -0.3 is 20.5 Å². The number of carbonyl (C=O) groups is 2. The van der Waals surface area contributed by atoms with E-state index in [2.05, 4.69) is 10.1 Å². The molecule has 13 nitrogen and oxygen atoms in total. The fourth-order valence-corrected chi connectivity index (χ4v) is 1.94. The van der Waals surface area contributed by atoms with Crippen molar-refractivity contribution in [1.82, 2.24) is 9.97 Å². The van der Waals surface area contributed by atoms with Crippen LogP contribution in [0.5, 0.6) is 5.75 Å². The Balaban J connectivity index is 2.07. The number of aromatic nitrogens is 2. The first kappa shape index (κ1) is 19.2. The van der Waals surface area contributed by atoms with Crippen molar-refractivity contribution in [2.75, 3.05) is 24.8 Å². The highest BCUT2D eigenvalue weighted by Crippen LogP contribution is 2.28. The molecule has 1 aromatic heterocycles. The van der Waals surface area contributed by atoms with Gasteiger partial charge in [0.15, 0.2) is 12.3 Å². The van der Waals surface area contributed by atoms with E-state index in [1.807, 2.05) is 9.97 Å². The molecule has 0 unspecified atom stereocenters. The van der Waals surface area contributed by atoms with Crippen molar-refractivity contribution in [3.63, 3.8) is 0 Å². The molecule has 0 saturated heterocycles. The lowest BCUT2D eigenvalue weighted by atomic mass is 10.2. The Labute approximate surface area is 149 Å². The summed E-state index contributed by atoms with van der Waals surface area (Å²) < 4.78 is 9.64. The van der Waals surface area contributed by atoms with Crippen molar-refractivity contribution in [3.8, 4) is 5.75 Å². The van der Waals surface area contributed by atoms with E-state index in [1.165, 1.54) is 13.2 Å². The highest BCUT2D eigenvalue weighted by Gasteiger charge is 2.18. The molecule has 2 rings (SSSR count). The molecule has 5 N–H and O–H groups in total. The average molecular weight is 379 g/mol. The van der Waals surface area contributed by atoms with Crippen LogP contribution in [-0.2, 0) is 9.53 Å². The first-order chi connectivity index (χ1) is 12.7. The number of non-ortho nitro benzene ring substituents is 1. The van der Waals surface area contributed by atoms with E-state index in [0.29, 0.717) is 0 Å². The molecule has 0 fully saturated rings. The van der Waals surface area contributed by atoms with Crippen molar-refractivity contribution in [2.24, 2.45) is 0 Å². The van der Waals surface area contributed by atoms with Crippen LogP contribution in [-0.4, -0.2) is 40.5 Å². The second-order valence-corrected chi connectivity index (χ2v) is 4.96. The van der Waals surface area contributed by atoms with Crippen LogP contribution in [0.2, 0.25) is 0 Å². The van der Waals surface area contributed by atoms with Gasteiger partial charge in [-0.3, -0.25) is 29.7 Å². The van der Waals surface area contributed by atoms with E-state index < -0.39 is 46.0 Å². The molecule has 0 atom stereocenters. The summed E-state index contributed by atoms with van der Waals surface area (Å²) in [6.45, 7) is -0.784. The summed E-state index contributed by atoms with van der Waals surface area (Å²) in [6.07, 6.45) is 0. The SMILES string of the molecule is COc1cc([N+](=O)[O-])ccc1NC(=O)COC(=O)c1[nH]c(=O)[nH]c(=O)c1N. The van der Waals surface area contributed by atoms with Gasteiger partial charge in [0, 0.05) is 6.07 Å². The molecule has 0 radical (unpaired) electrons. The first-order valence-corrected chi connectivity index (χ1v) is 7.14. The maximum absolute atomic E-state index is 11.9. The number of hydrogen-bond acceptors (Lipinski definition) is 9. The van der Waals surface area contributed by atoms with Crippen LogP contribution in [0.25, 0.3) is 0 Å². The van der Waals surface area contributed by atoms with E-state index in [-0.39, 0.29) is 17.1 Å². The second-order valence-electron chi connectivity index (χ2n) is 4.96. The zero-order valence-electron chi connectivity index (χ0n) is 13.7. The molecular formula is C14H13N5O8. The average Bonchev–Trinajstić information content (AvgIpc) is 2.62. The summed E-state index contributed by atoms with van der Waals surface area (Å²) in [7, 11) is 1.25. The number of aromatic amines is 2. The van der Waals surface area contributed by atoms with Crippen LogP contribution < -0.4 is 27.0 Å². The van der Waals surface area contributed by atoms with Crippen LogP contribution in [0.4, 0.5) is 17.1 Å². The Hall–Kier alpha value is -4.16. The lowest BCUT2D eigenvalue weighted by Gasteiger charge is -2.10. The molecule has 0 spiro atoms. The van der Waals surface area contributed by atoms with Gasteiger partial charge in [0.25, 0.3) is 17.2 Å². The van der Waals surface area contributed by atoms with Crippen LogP contribution in [0.3, 0.4) is 0 Å². The molecule has 0 bridgehead atoms. The molecule has 1 aromatic carbocycles. The van der Waals surface area contributed by atoms with Crippen molar-refractivity contribution in [2.45, 2.75) is 0 Å². The Bertz CT molecular complexity index is 1020. The minimum Gasteiger partial charge on any atom is -0.494 e. The quantitative estimate of drug-likeness (QED) is 0.286. The van der Waals surface area contributed by atoms with Gasteiger partial charge in [-0.25, -0.2) is 9.59 Å². The topological polar surface area (TPSA) is 200 Å². The summed E-state index contributed by atoms with van der Waals surface area (Å²) in [6, 6.07) is 3.48. The van der Waals surface area contributed by atoms with Gasteiger partial charge in [-0.05, 0) is 6.07 Å². The number of nitro benzene ring substituents is 1. The Morgan fingerprint density at radius 2 is 2.00 bits per heavy atom. The van der Waals surface area contributed by atoms with E-state index in [1.54, 1.807) is 0 Å². The molecule has 1 heterocycles. The number of rotatable bonds is 6. The number of benzene rings is 1. The lowest BCUT2D eigenvalue weighted by Crippen LogP contribution is -2.30. The number of nitrogens with two attached hydrogens (primary N) is 1. The summed E-state index contributed by atoms with van der Waals surface area (Å²) >= 11 is 0. The second kappa shape index (κ2) is 7.81. The smallest absolute Gasteiger partial charge is 0.357 e. The van der Waals surface area contributed by atoms with E-state index in [0.717, 1.165) is 12.1 Å². The number of nitrogens with one attached hydrogen (secondary N) is 3. The molecule has 0 aliphatic heterocycles. The maximum Gasteiger partial charge on any atom is 0.357 e. The van der Waals surface area contributed by atoms with Crippen LogP contribution >= 0.6 is 0 Å². The van der Waals surface area contributed by atoms with Gasteiger partial charge in [-0.15, -0.1) is 0 Å². The number of esters is 1. The van der Waals surface area contributed by atoms with E-state index >= 15 is 0 Å². The molecule has 0 aliphatic carbocycles. The van der Waals surface area contributed by atoms with Gasteiger partial charge in [-0.1, -0.05) is 0 Å². The molecule has 13 heteroatoms. The van der Waals surface area contributed by atoms with Crippen molar-refractivity contribution in [1.29, 1.82) is 0 Å². The van der Waals surface area contributed by atoms with E-state index in [4.69, 9.17) is 10.5 Å². The summed E-state index contributed by atoms with van der Waals surface area (Å²) in [5, 5.41) is 13.1. The van der Waals surface area contributed by atoms with Crippen LogP contribution in [0.15, 0.2) is 27.8 Å². The standard InChI is InChI=1S/C14H13N5O8/c1-26-8-4-6(19(24)25)2-3-7(8)16-9(20)5-27-13(22)11-10(15)12(21)18-14(23)17-11/h2-4H,5,15H2,1H3,(H,16,20)(H2,17,18,21,23). The molecule has 27 heavy (non-hydrogen) atoms. The minimum absolute atomic E-state index is 0.0204. The Morgan fingerprint density at radius 3 is 2.63 bits per heavy atom. The Morgan fingerprint density at radius 1 is 1.30 bits per heavy atom. The highest BCUT2D eigenvalue weighted by atomic mass is 16.6. The number of nitrogens with zero attached hydrogens (tertiary/aromatic N) is 1. The molecule has 142 valence electrons. The number of amides is 1. The predicted molar refractivity (Wildman–Crippen MR) is 90.7 cm³/mol. The van der Waals surface area contributed by atoms with Gasteiger partial charge in [0.2, 0.25) is 0 Å². The monoisotopic (exact) mass is 379 g/mol. The third-order valence-electron chi connectivity index (χ3n) is 3.19. The number of carbonyl (C=O) groups excluding carboxylic acids is 2. The van der Waals surface area contributed by atoms with Crippen LogP contribution in [0.1, 0.15) is 10.5 Å². The lowest BCUT2D eigenvalue weighted by molar-refractivity contribution is -0.384. The molecule has 1 amide bonds. The van der Waals surface area contributed by atoms with Crippen LogP contribution in [0, 0.1) is 10.1 Å². The molecule has 0 saturated carbocycles. The maximum atomic E-state index is 11.9. The number of methoxy groups -OCH3 is 1. The Kier molecular flexibility index (Phi) is 5.55. The highest BCUT2D eigenvalue weighted by molar-refractivity contribution is 5.97. The van der Waals surface area contributed by atoms with Crippen molar-refractivity contribution >= 4 is 28.9 Å². The first-order valence-electron chi connectivity index (χ1n) is 7.14. The zero-order valence-corrected chi connectivity index (χ0v) is 13.7. The van der Waals surface area contributed by atoms with E-state index in [9.17, 15) is 29.3 Å². The van der Waals surface area contributed by atoms with Gasteiger partial charge in [0.1, 0.15) is 11.4 Å². The molecular weight excluding hydrogens is 366 g/mol. The summed E-state index contributed by atoms with van der Waals surface area (Å²) in [5.74, 6) is -1.98. The van der Waals surface area contributed by atoms with Gasteiger partial charge >= 0.3 is 11.7 Å². The number of hydrogen-bond donors (Lipinski definition) is 4. The molecule has 0 aliphatic rings. The predicted octanol–water partition coefficient (Wildman–Crippen LogP) is -0.642. The molecule has 2 aromatic rings. The van der Waals surface area contributed by atoms with Crippen molar-refractivity contribution < 1.29 is 24.0 Å². The third-order valence-corrected chi connectivity index (χ3v) is 3.19. The van der Waals surface area contributed by atoms with Gasteiger partial charge in [0.05, 0.1) is 23.8 Å². The third kappa shape index (κ3) is 4.47. The fraction of sp³-hybridized carbons (Fsp3) is 0.143. The van der Waals surface area contributed by atoms with Crippen molar-refractivity contribution in [3.05, 3.63) is 54.8 Å². The number of nitrogen functional groups attached to an aromatic ring is 1. The largest absolute Gasteiger partial charge is 0.494 e.